The molecule has 0 unspecified atom stereocenters. The van der Waals surface area contributed by atoms with Gasteiger partial charge in [-0.1, -0.05) is 40.8 Å². The number of carbonyl (C=O) groups is 1. The highest BCUT2D eigenvalue weighted by molar-refractivity contribution is 8.02. The first-order valence-corrected chi connectivity index (χ1v) is 7.86. The van der Waals surface area contributed by atoms with E-state index < -0.39 is 0 Å². The predicted molar refractivity (Wildman–Crippen MR) is 84.5 cm³/mol. The van der Waals surface area contributed by atoms with Crippen LogP contribution in [0.3, 0.4) is 0 Å². The fourth-order valence-corrected chi connectivity index (χ4v) is 3.35. The minimum Gasteiger partial charge on any atom is -0.374 e. The van der Waals surface area contributed by atoms with Crippen LogP contribution in [0.15, 0.2) is 22.5 Å². The Labute approximate surface area is 129 Å². The maximum absolute atomic E-state index is 12.1. The molecule has 0 aliphatic rings. The molecule has 8 heteroatoms. The first kappa shape index (κ1) is 15.1. The number of nitrogens with zero attached hydrogens (tertiary/aromatic N) is 2. The van der Waals surface area contributed by atoms with Gasteiger partial charge in [0.2, 0.25) is 11.0 Å². The fourth-order valence-electron chi connectivity index (χ4n) is 1.39. The lowest BCUT2D eigenvalue weighted by Crippen LogP contribution is -2.22. The Morgan fingerprint density at radius 3 is 2.85 bits per heavy atom. The number of nitrogens with two attached hydrogens (primary N) is 1. The molecule has 0 radical (unpaired) electrons. The highest BCUT2D eigenvalue weighted by Gasteiger charge is 2.17. The van der Waals surface area contributed by atoms with Crippen LogP contribution in [-0.4, -0.2) is 21.4 Å². The van der Waals surface area contributed by atoms with Gasteiger partial charge in [-0.25, -0.2) is 0 Å². The quantitative estimate of drug-likeness (QED) is 0.842. The first-order chi connectivity index (χ1) is 9.45. The summed E-state index contributed by atoms with van der Waals surface area (Å²) in [7, 11) is 0. The van der Waals surface area contributed by atoms with E-state index in [4.69, 9.17) is 17.3 Å². The van der Waals surface area contributed by atoms with Crippen LogP contribution in [0.5, 0.6) is 0 Å². The van der Waals surface area contributed by atoms with Crippen LogP contribution in [-0.2, 0) is 4.79 Å². The number of hydrogen-bond acceptors (Lipinski definition) is 6. The molecule has 1 aromatic carbocycles. The average molecular weight is 329 g/mol. The van der Waals surface area contributed by atoms with Gasteiger partial charge in [0.25, 0.3) is 0 Å². The van der Waals surface area contributed by atoms with Gasteiger partial charge in [0, 0.05) is 10.7 Å². The number of carbonyl (C=O) groups excluding carboxylic acids is 1. The number of nitrogen functional groups attached to an aromatic ring is 1. The monoisotopic (exact) mass is 328 g/mol. The molecular weight excluding hydrogens is 316 g/mol. The maximum atomic E-state index is 12.1. The molecule has 0 spiro atoms. The zero-order valence-electron chi connectivity index (χ0n) is 10.9. The molecule has 20 heavy (non-hydrogen) atoms. The SMILES string of the molecule is Cc1ccc(NC(=O)[C@H](C)Sc2nnc(N)s2)cc1Cl. The molecule has 1 heterocycles. The Bertz CT molecular complexity index is 632. The van der Waals surface area contributed by atoms with Crippen LogP contribution < -0.4 is 11.1 Å². The standard InChI is InChI=1S/C12H13ClN4OS2/c1-6-3-4-8(5-9(6)13)15-10(18)7(2)19-12-17-16-11(14)20-12/h3-5,7H,1-2H3,(H2,14,16)(H,15,18)/t7-/m0/s1. The number of amides is 1. The van der Waals surface area contributed by atoms with E-state index in [-0.39, 0.29) is 11.2 Å². The Hall–Kier alpha value is -1.31. The normalized spacial score (nSPS) is 12.2. The van der Waals surface area contributed by atoms with Crippen LogP contribution in [0.25, 0.3) is 0 Å². The third-order valence-corrected chi connectivity index (χ3v) is 4.85. The number of nitrogens with one attached hydrogen (secondary N) is 1. The summed E-state index contributed by atoms with van der Waals surface area (Å²) >= 11 is 8.60. The number of benzene rings is 1. The summed E-state index contributed by atoms with van der Waals surface area (Å²) in [6.07, 6.45) is 0. The number of hydrogen-bond donors (Lipinski definition) is 2. The summed E-state index contributed by atoms with van der Waals surface area (Å²) in [4.78, 5) is 12.1. The summed E-state index contributed by atoms with van der Waals surface area (Å²) in [6.45, 7) is 3.71. The van der Waals surface area contributed by atoms with Crippen LogP contribution in [0, 0.1) is 6.92 Å². The van der Waals surface area contributed by atoms with Crippen molar-refractivity contribution in [2.45, 2.75) is 23.4 Å². The van der Waals surface area contributed by atoms with E-state index in [0.29, 0.717) is 20.2 Å². The third-order valence-electron chi connectivity index (χ3n) is 2.51. The summed E-state index contributed by atoms with van der Waals surface area (Å²) in [5.74, 6) is -0.122. The molecule has 3 N–H and O–H groups in total. The molecule has 1 aromatic heterocycles. The molecule has 0 saturated carbocycles. The number of rotatable bonds is 4. The molecule has 2 rings (SSSR count). The Kier molecular flexibility index (Phi) is 4.85. The molecule has 1 atom stereocenters. The molecular formula is C12H13ClN4OS2. The van der Waals surface area contributed by atoms with E-state index in [2.05, 4.69) is 15.5 Å². The lowest BCUT2D eigenvalue weighted by molar-refractivity contribution is -0.115. The molecule has 0 bridgehead atoms. The summed E-state index contributed by atoms with van der Waals surface area (Å²) in [5.41, 5.74) is 7.15. The van der Waals surface area contributed by atoms with Crippen molar-refractivity contribution in [3.05, 3.63) is 28.8 Å². The second-order valence-corrected chi connectivity index (χ2v) is 7.12. The van der Waals surface area contributed by atoms with Gasteiger partial charge in [0.1, 0.15) is 0 Å². The summed E-state index contributed by atoms with van der Waals surface area (Å²) in [6, 6.07) is 5.41. The average Bonchev–Trinajstić information content (AvgIpc) is 2.79. The van der Waals surface area contributed by atoms with Crippen molar-refractivity contribution in [2.24, 2.45) is 0 Å². The van der Waals surface area contributed by atoms with Crippen molar-refractivity contribution in [3.63, 3.8) is 0 Å². The summed E-state index contributed by atoms with van der Waals surface area (Å²) in [5, 5.41) is 11.1. The molecule has 0 aliphatic heterocycles. The zero-order valence-corrected chi connectivity index (χ0v) is 13.3. The number of aryl methyl sites for hydroxylation is 1. The van der Waals surface area contributed by atoms with E-state index in [1.165, 1.54) is 23.1 Å². The number of halogens is 1. The first-order valence-electron chi connectivity index (χ1n) is 5.78. The Morgan fingerprint density at radius 1 is 1.50 bits per heavy atom. The van der Waals surface area contributed by atoms with Crippen LogP contribution >= 0.6 is 34.7 Å². The second-order valence-electron chi connectivity index (χ2n) is 4.12. The van der Waals surface area contributed by atoms with Crippen molar-refractivity contribution in [1.82, 2.24) is 10.2 Å². The van der Waals surface area contributed by atoms with Gasteiger partial charge >= 0.3 is 0 Å². The van der Waals surface area contributed by atoms with Gasteiger partial charge in [0.15, 0.2) is 4.34 Å². The third kappa shape index (κ3) is 3.84. The predicted octanol–water partition coefficient (Wildman–Crippen LogP) is 3.20. The van der Waals surface area contributed by atoms with Crippen molar-refractivity contribution in [3.8, 4) is 0 Å². The van der Waals surface area contributed by atoms with Gasteiger partial charge in [-0.3, -0.25) is 4.79 Å². The largest absolute Gasteiger partial charge is 0.374 e. The fraction of sp³-hybridized carbons (Fsp3) is 0.250. The second kappa shape index (κ2) is 6.43. The van der Waals surface area contributed by atoms with Crippen molar-refractivity contribution >= 4 is 51.4 Å². The molecule has 106 valence electrons. The van der Waals surface area contributed by atoms with Gasteiger partial charge < -0.3 is 11.1 Å². The molecule has 1 amide bonds. The van der Waals surface area contributed by atoms with E-state index in [1.807, 2.05) is 19.1 Å². The van der Waals surface area contributed by atoms with Crippen molar-refractivity contribution in [1.29, 1.82) is 0 Å². The van der Waals surface area contributed by atoms with Gasteiger partial charge in [0.05, 0.1) is 5.25 Å². The van der Waals surface area contributed by atoms with Crippen LogP contribution in [0.1, 0.15) is 12.5 Å². The van der Waals surface area contributed by atoms with Gasteiger partial charge in [-0.15, -0.1) is 10.2 Å². The number of anilines is 2. The van der Waals surface area contributed by atoms with E-state index >= 15 is 0 Å². The van der Waals surface area contributed by atoms with E-state index in [0.717, 1.165) is 5.56 Å². The lowest BCUT2D eigenvalue weighted by atomic mass is 10.2. The Morgan fingerprint density at radius 2 is 2.25 bits per heavy atom. The maximum Gasteiger partial charge on any atom is 0.237 e. The van der Waals surface area contributed by atoms with Crippen LogP contribution in [0.4, 0.5) is 10.8 Å². The highest BCUT2D eigenvalue weighted by Crippen LogP contribution is 2.28. The zero-order chi connectivity index (χ0) is 14.7. The van der Waals surface area contributed by atoms with E-state index in [9.17, 15) is 4.79 Å². The van der Waals surface area contributed by atoms with Gasteiger partial charge in [-0.05, 0) is 31.5 Å². The molecule has 0 fully saturated rings. The van der Waals surface area contributed by atoms with Gasteiger partial charge in [-0.2, -0.15) is 0 Å². The minimum absolute atomic E-state index is 0.122. The molecule has 0 saturated heterocycles. The van der Waals surface area contributed by atoms with Crippen LogP contribution in [0.2, 0.25) is 5.02 Å². The number of aromatic nitrogens is 2. The number of thioether (sulfide) groups is 1. The van der Waals surface area contributed by atoms with E-state index in [1.54, 1.807) is 13.0 Å². The smallest absolute Gasteiger partial charge is 0.237 e. The summed E-state index contributed by atoms with van der Waals surface area (Å²) < 4.78 is 0.673. The van der Waals surface area contributed by atoms with Crippen molar-refractivity contribution in [2.75, 3.05) is 11.1 Å². The topological polar surface area (TPSA) is 80.9 Å². The Balaban J connectivity index is 1.98. The molecule has 0 aliphatic carbocycles. The van der Waals surface area contributed by atoms with Crippen molar-refractivity contribution < 1.29 is 4.79 Å². The minimum atomic E-state index is -0.303. The highest BCUT2D eigenvalue weighted by atomic mass is 35.5. The lowest BCUT2D eigenvalue weighted by Gasteiger charge is -2.11. The molecule has 2 aromatic rings. The molecule has 5 nitrogen and oxygen atoms in total.